The van der Waals surface area contributed by atoms with Crippen molar-refractivity contribution in [3.8, 4) is 0 Å². The molecule has 1 amide bonds. The molecular formula is C18H19N3O5S. The van der Waals surface area contributed by atoms with Gasteiger partial charge in [-0.2, -0.15) is 4.31 Å². The third-order valence-electron chi connectivity index (χ3n) is 4.48. The van der Waals surface area contributed by atoms with E-state index in [1.807, 2.05) is 0 Å². The number of benzene rings is 2. The normalized spacial score (nSPS) is 14.9. The van der Waals surface area contributed by atoms with Gasteiger partial charge in [0.05, 0.1) is 15.5 Å². The number of nitrogens with one attached hydrogen (secondary N) is 1. The maximum atomic E-state index is 12.7. The van der Waals surface area contributed by atoms with E-state index in [1.165, 1.54) is 40.7 Å². The zero-order valence-corrected chi connectivity index (χ0v) is 15.5. The molecule has 27 heavy (non-hydrogen) atoms. The van der Waals surface area contributed by atoms with Crippen LogP contribution >= 0.6 is 0 Å². The molecule has 1 aliphatic rings. The Bertz CT molecular complexity index is 998. The van der Waals surface area contributed by atoms with Gasteiger partial charge < -0.3 is 5.32 Å². The number of carbonyl (C=O) groups excluding carboxylic acids is 1. The predicted octanol–water partition coefficient (Wildman–Crippen LogP) is 2.94. The summed E-state index contributed by atoms with van der Waals surface area (Å²) in [7, 11) is -3.63. The summed E-state index contributed by atoms with van der Waals surface area (Å²) in [6.07, 6.45) is 1.65. The number of aryl methyl sites for hydroxylation is 1. The van der Waals surface area contributed by atoms with Crippen molar-refractivity contribution in [2.24, 2.45) is 0 Å². The molecule has 0 saturated carbocycles. The SMILES string of the molecule is Cc1ccc([N+](=O)[O-])cc1NC(=O)c1cccc(S(=O)(=O)N2CCCC2)c1. The topological polar surface area (TPSA) is 110 Å². The monoisotopic (exact) mass is 389 g/mol. The van der Waals surface area contributed by atoms with Crippen LogP contribution in [-0.2, 0) is 10.0 Å². The third kappa shape index (κ3) is 3.99. The fourth-order valence-corrected chi connectivity index (χ4v) is 4.49. The molecule has 1 heterocycles. The Morgan fingerprint density at radius 1 is 1.15 bits per heavy atom. The van der Waals surface area contributed by atoms with Gasteiger partial charge >= 0.3 is 0 Å². The maximum absolute atomic E-state index is 12.7. The van der Waals surface area contributed by atoms with Gasteiger partial charge in [0.25, 0.3) is 11.6 Å². The van der Waals surface area contributed by atoms with E-state index in [-0.39, 0.29) is 16.1 Å². The van der Waals surface area contributed by atoms with Gasteiger partial charge in [-0.3, -0.25) is 14.9 Å². The highest BCUT2D eigenvalue weighted by atomic mass is 32.2. The molecule has 3 rings (SSSR count). The minimum Gasteiger partial charge on any atom is -0.321 e. The second-order valence-electron chi connectivity index (χ2n) is 6.35. The van der Waals surface area contributed by atoms with Crippen LogP contribution in [0.25, 0.3) is 0 Å². The lowest BCUT2D eigenvalue weighted by Gasteiger charge is -2.16. The Hall–Kier alpha value is -2.78. The highest BCUT2D eigenvalue weighted by Gasteiger charge is 2.27. The third-order valence-corrected chi connectivity index (χ3v) is 6.37. The van der Waals surface area contributed by atoms with Crippen molar-refractivity contribution in [2.75, 3.05) is 18.4 Å². The van der Waals surface area contributed by atoms with Crippen LogP contribution in [0.1, 0.15) is 28.8 Å². The number of nitro benzene ring substituents is 1. The van der Waals surface area contributed by atoms with Crippen LogP contribution in [0.2, 0.25) is 0 Å². The molecule has 0 bridgehead atoms. The molecule has 0 aromatic heterocycles. The lowest BCUT2D eigenvalue weighted by molar-refractivity contribution is -0.384. The summed E-state index contributed by atoms with van der Waals surface area (Å²) in [5.41, 5.74) is 0.999. The van der Waals surface area contributed by atoms with Crippen LogP contribution in [0.5, 0.6) is 0 Å². The smallest absolute Gasteiger partial charge is 0.271 e. The van der Waals surface area contributed by atoms with E-state index in [2.05, 4.69) is 5.32 Å². The zero-order chi connectivity index (χ0) is 19.6. The molecule has 0 spiro atoms. The summed E-state index contributed by atoms with van der Waals surface area (Å²) in [6, 6.07) is 9.98. The van der Waals surface area contributed by atoms with Gasteiger partial charge in [-0.05, 0) is 43.5 Å². The quantitative estimate of drug-likeness (QED) is 0.624. The Balaban J connectivity index is 1.86. The van der Waals surface area contributed by atoms with Gasteiger partial charge in [-0.15, -0.1) is 0 Å². The number of nitrogens with zero attached hydrogens (tertiary/aromatic N) is 2. The van der Waals surface area contributed by atoms with Crippen molar-refractivity contribution in [3.05, 3.63) is 63.7 Å². The number of carbonyl (C=O) groups is 1. The van der Waals surface area contributed by atoms with E-state index in [9.17, 15) is 23.3 Å². The van der Waals surface area contributed by atoms with Crippen LogP contribution in [0, 0.1) is 17.0 Å². The molecule has 0 atom stereocenters. The second kappa shape index (κ2) is 7.45. The predicted molar refractivity (Wildman–Crippen MR) is 100 cm³/mol. The fourth-order valence-electron chi connectivity index (χ4n) is 2.93. The van der Waals surface area contributed by atoms with Crippen molar-refractivity contribution >= 4 is 27.3 Å². The van der Waals surface area contributed by atoms with Crippen molar-refractivity contribution in [1.82, 2.24) is 4.31 Å². The Kier molecular flexibility index (Phi) is 5.24. The van der Waals surface area contributed by atoms with Crippen molar-refractivity contribution < 1.29 is 18.1 Å². The highest BCUT2D eigenvalue weighted by Crippen LogP contribution is 2.24. The first-order chi connectivity index (χ1) is 12.8. The minimum absolute atomic E-state index is 0.0628. The Labute approximate surface area is 157 Å². The molecule has 0 unspecified atom stereocenters. The van der Waals surface area contributed by atoms with Crippen LogP contribution in [-0.4, -0.2) is 36.6 Å². The van der Waals surface area contributed by atoms with Gasteiger partial charge in [0, 0.05) is 30.8 Å². The van der Waals surface area contributed by atoms with Crippen LogP contribution in [0.3, 0.4) is 0 Å². The fraction of sp³-hybridized carbons (Fsp3) is 0.278. The lowest BCUT2D eigenvalue weighted by Crippen LogP contribution is -2.28. The summed E-state index contributed by atoms with van der Waals surface area (Å²) in [4.78, 5) is 23.0. The van der Waals surface area contributed by atoms with Gasteiger partial charge in [0.2, 0.25) is 10.0 Å². The van der Waals surface area contributed by atoms with E-state index in [1.54, 1.807) is 13.0 Å². The number of rotatable bonds is 5. The number of nitro groups is 1. The summed E-state index contributed by atoms with van der Waals surface area (Å²) in [5, 5.41) is 13.5. The zero-order valence-electron chi connectivity index (χ0n) is 14.7. The molecule has 9 heteroatoms. The van der Waals surface area contributed by atoms with E-state index >= 15 is 0 Å². The molecule has 1 aliphatic heterocycles. The summed E-state index contributed by atoms with van der Waals surface area (Å²) in [5.74, 6) is -0.530. The highest BCUT2D eigenvalue weighted by molar-refractivity contribution is 7.89. The first-order valence-corrected chi connectivity index (χ1v) is 9.89. The molecule has 1 saturated heterocycles. The molecule has 2 aromatic carbocycles. The maximum Gasteiger partial charge on any atom is 0.271 e. The van der Waals surface area contributed by atoms with Crippen LogP contribution < -0.4 is 5.32 Å². The summed E-state index contributed by atoms with van der Waals surface area (Å²) < 4.78 is 26.7. The number of non-ortho nitro benzene ring substituents is 1. The van der Waals surface area contributed by atoms with Gasteiger partial charge in [-0.1, -0.05) is 12.1 Å². The number of amides is 1. The van der Waals surface area contributed by atoms with Gasteiger partial charge in [-0.25, -0.2) is 8.42 Å². The first kappa shape index (κ1) is 19.0. The van der Waals surface area contributed by atoms with Crippen LogP contribution in [0.15, 0.2) is 47.4 Å². The van der Waals surface area contributed by atoms with Gasteiger partial charge in [0.15, 0.2) is 0 Å². The number of sulfonamides is 1. The van der Waals surface area contributed by atoms with E-state index in [0.717, 1.165) is 12.8 Å². The molecular weight excluding hydrogens is 370 g/mol. The standard InChI is InChI=1S/C18H19N3O5S/c1-13-7-8-15(21(23)24)12-17(13)19-18(22)14-5-4-6-16(11-14)27(25,26)20-9-2-3-10-20/h4-8,11-12H,2-3,9-10H2,1H3,(H,19,22). The van der Waals surface area contributed by atoms with Crippen molar-refractivity contribution in [1.29, 1.82) is 0 Å². The average molecular weight is 389 g/mol. The number of hydrogen-bond donors (Lipinski definition) is 1. The number of hydrogen-bond acceptors (Lipinski definition) is 5. The second-order valence-corrected chi connectivity index (χ2v) is 8.29. The van der Waals surface area contributed by atoms with Gasteiger partial charge in [0.1, 0.15) is 0 Å². The molecule has 2 aromatic rings. The molecule has 0 aliphatic carbocycles. The van der Waals surface area contributed by atoms with E-state index in [0.29, 0.717) is 24.3 Å². The molecule has 8 nitrogen and oxygen atoms in total. The minimum atomic E-state index is -3.63. The largest absolute Gasteiger partial charge is 0.321 e. The Morgan fingerprint density at radius 2 is 1.85 bits per heavy atom. The van der Waals surface area contributed by atoms with Crippen molar-refractivity contribution in [2.45, 2.75) is 24.7 Å². The summed E-state index contributed by atoms with van der Waals surface area (Å²) >= 11 is 0. The van der Waals surface area contributed by atoms with Crippen LogP contribution in [0.4, 0.5) is 11.4 Å². The lowest BCUT2D eigenvalue weighted by atomic mass is 10.1. The van der Waals surface area contributed by atoms with E-state index in [4.69, 9.17) is 0 Å². The number of anilines is 1. The summed E-state index contributed by atoms with van der Waals surface area (Å²) in [6.45, 7) is 2.67. The molecule has 142 valence electrons. The molecule has 1 fully saturated rings. The Morgan fingerprint density at radius 3 is 2.52 bits per heavy atom. The molecule has 0 radical (unpaired) electrons. The van der Waals surface area contributed by atoms with Crippen molar-refractivity contribution in [3.63, 3.8) is 0 Å². The molecule has 1 N–H and O–H groups in total. The first-order valence-electron chi connectivity index (χ1n) is 8.45. The van der Waals surface area contributed by atoms with E-state index < -0.39 is 20.9 Å². The average Bonchev–Trinajstić information content (AvgIpc) is 3.19.